The van der Waals surface area contributed by atoms with Crippen LogP contribution in [-0.4, -0.2) is 41.0 Å². The van der Waals surface area contributed by atoms with Crippen molar-refractivity contribution in [1.82, 2.24) is 20.1 Å². The topological polar surface area (TPSA) is 94.0 Å². The highest BCUT2D eigenvalue weighted by molar-refractivity contribution is 7.91. The Kier molecular flexibility index (Phi) is 7.23. The Morgan fingerprint density at radius 2 is 1.76 bits per heavy atom. The molecule has 1 aromatic carbocycles. The molecular weight excluding hydrogens is 517 g/mol. The standard InChI is InChI=1S/C27H31F3N4O3S/c1-2-38(36,37)22-11-5-17(6-12-22)14-32-26(35)20-13-23-24(31-15-20)25(19-7-8-19)34(33-23)16-18-3-9-21(10-4-18)27(28,29)30/h5-6,11-13,15,18-19,21H,2-4,7-10,14,16H2,1H3,(H,32,35). The maximum atomic E-state index is 13.1. The van der Waals surface area contributed by atoms with E-state index < -0.39 is 21.9 Å². The minimum Gasteiger partial charge on any atom is -0.348 e. The van der Waals surface area contributed by atoms with Crippen molar-refractivity contribution in [2.45, 2.75) is 75.5 Å². The number of nitrogens with zero attached hydrogens (tertiary/aromatic N) is 3. The average molecular weight is 549 g/mol. The monoisotopic (exact) mass is 548 g/mol. The number of benzene rings is 1. The van der Waals surface area contributed by atoms with Crippen LogP contribution in [0.1, 0.15) is 73.0 Å². The zero-order chi connectivity index (χ0) is 27.1. The lowest BCUT2D eigenvalue weighted by molar-refractivity contribution is -0.184. The van der Waals surface area contributed by atoms with Gasteiger partial charge in [0.25, 0.3) is 5.91 Å². The van der Waals surface area contributed by atoms with Gasteiger partial charge in [-0.3, -0.25) is 14.5 Å². The molecule has 0 atom stereocenters. The fourth-order valence-electron chi connectivity index (χ4n) is 5.24. The second-order valence-corrected chi connectivity index (χ2v) is 12.7. The van der Waals surface area contributed by atoms with Gasteiger partial charge in [-0.2, -0.15) is 18.3 Å². The molecule has 7 nitrogen and oxygen atoms in total. The smallest absolute Gasteiger partial charge is 0.348 e. The highest BCUT2D eigenvalue weighted by Gasteiger charge is 2.41. The van der Waals surface area contributed by atoms with E-state index in [2.05, 4.69) is 10.3 Å². The molecule has 2 aromatic heterocycles. The molecule has 2 aliphatic rings. The van der Waals surface area contributed by atoms with Gasteiger partial charge in [0.05, 0.1) is 27.8 Å². The van der Waals surface area contributed by atoms with Crippen molar-refractivity contribution in [3.05, 3.63) is 53.3 Å². The van der Waals surface area contributed by atoms with Crippen molar-refractivity contribution in [3.63, 3.8) is 0 Å². The van der Waals surface area contributed by atoms with Crippen LogP contribution in [0, 0.1) is 11.8 Å². The molecule has 5 rings (SSSR count). The lowest BCUT2D eigenvalue weighted by atomic mass is 9.81. The summed E-state index contributed by atoms with van der Waals surface area (Å²) in [6.45, 7) is 2.39. The molecule has 204 valence electrons. The lowest BCUT2D eigenvalue weighted by Crippen LogP contribution is -2.29. The quantitative estimate of drug-likeness (QED) is 0.407. The summed E-state index contributed by atoms with van der Waals surface area (Å²) in [6, 6.07) is 8.13. The van der Waals surface area contributed by atoms with Crippen LogP contribution in [0.3, 0.4) is 0 Å². The Hall–Kier alpha value is -2.95. The third kappa shape index (κ3) is 5.72. The van der Waals surface area contributed by atoms with Crippen LogP contribution in [0.25, 0.3) is 11.0 Å². The molecule has 0 bridgehead atoms. The number of sulfone groups is 1. The molecule has 0 saturated heterocycles. The minimum absolute atomic E-state index is 0.0238. The van der Waals surface area contributed by atoms with Crippen molar-refractivity contribution in [3.8, 4) is 0 Å². The maximum Gasteiger partial charge on any atom is 0.391 e. The third-order valence-electron chi connectivity index (χ3n) is 7.70. The van der Waals surface area contributed by atoms with Crippen LogP contribution < -0.4 is 5.32 Å². The van der Waals surface area contributed by atoms with Gasteiger partial charge in [0.15, 0.2) is 9.84 Å². The molecule has 3 aromatic rings. The molecule has 0 unspecified atom stereocenters. The molecule has 0 aliphatic heterocycles. The normalized spacial score (nSPS) is 20.5. The van der Waals surface area contributed by atoms with Gasteiger partial charge in [0, 0.05) is 25.2 Å². The summed E-state index contributed by atoms with van der Waals surface area (Å²) in [4.78, 5) is 17.6. The number of halogens is 3. The molecule has 2 aliphatic carbocycles. The summed E-state index contributed by atoms with van der Waals surface area (Å²) in [5, 5.41) is 7.57. The molecule has 2 saturated carbocycles. The minimum atomic E-state index is -4.12. The van der Waals surface area contributed by atoms with Gasteiger partial charge in [-0.05, 0) is 68.2 Å². The van der Waals surface area contributed by atoms with Crippen molar-refractivity contribution < 1.29 is 26.4 Å². The molecular formula is C27H31F3N4O3S. The van der Waals surface area contributed by atoms with Gasteiger partial charge < -0.3 is 5.32 Å². The number of amides is 1. The predicted molar refractivity (Wildman–Crippen MR) is 136 cm³/mol. The molecule has 11 heteroatoms. The first-order valence-electron chi connectivity index (χ1n) is 13.1. The van der Waals surface area contributed by atoms with Crippen molar-refractivity contribution >= 4 is 26.8 Å². The molecule has 2 heterocycles. The average Bonchev–Trinajstić information content (AvgIpc) is 3.67. The molecule has 38 heavy (non-hydrogen) atoms. The summed E-state index contributed by atoms with van der Waals surface area (Å²) in [5.41, 5.74) is 3.51. The van der Waals surface area contributed by atoms with Crippen molar-refractivity contribution in [2.24, 2.45) is 11.8 Å². The largest absolute Gasteiger partial charge is 0.391 e. The number of carbonyl (C=O) groups is 1. The number of alkyl halides is 3. The second kappa shape index (κ2) is 10.3. The predicted octanol–water partition coefficient (Wildman–Crippen LogP) is 5.40. The number of pyridine rings is 1. The zero-order valence-electron chi connectivity index (χ0n) is 21.2. The number of aromatic nitrogens is 3. The van der Waals surface area contributed by atoms with Crippen LogP contribution >= 0.6 is 0 Å². The number of fused-ring (bicyclic) bond motifs is 1. The van der Waals surface area contributed by atoms with E-state index in [9.17, 15) is 26.4 Å². The van der Waals surface area contributed by atoms with Crippen molar-refractivity contribution in [2.75, 3.05) is 5.75 Å². The van der Waals surface area contributed by atoms with E-state index in [1.54, 1.807) is 25.1 Å². The Morgan fingerprint density at radius 3 is 2.37 bits per heavy atom. The first-order chi connectivity index (χ1) is 18.0. The number of carbonyl (C=O) groups excluding carboxylic acids is 1. The number of hydrogen-bond acceptors (Lipinski definition) is 5. The number of rotatable bonds is 8. The van der Waals surface area contributed by atoms with Gasteiger partial charge in [-0.25, -0.2) is 8.42 Å². The number of nitrogens with one attached hydrogen (secondary N) is 1. The molecule has 1 N–H and O–H groups in total. The van der Waals surface area contributed by atoms with E-state index >= 15 is 0 Å². The Morgan fingerprint density at radius 1 is 1.08 bits per heavy atom. The fraction of sp³-hybridized carbons (Fsp3) is 0.519. The van der Waals surface area contributed by atoms with Crippen LogP contribution in [-0.2, 0) is 22.9 Å². The van der Waals surface area contributed by atoms with Gasteiger partial charge in [-0.1, -0.05) is 19.1 Å². The fourth-order valence-corrected chi connectivity index (χ4v) is 6.12. The molecule has 0 radical (unpaired) electrons. The van der Waals surface area contributed by atoms with Crippen LogP contribution in [0.5, 0.6) is 0 Å². The Bertz CT molecular complexity index is 1420. The SMILES string of the molecule is CCS(=O)(=O)c1ccc(CNC(=O)c2cnc3c(C4CC4)n(CC4CCC(C(F)(F)F)CC4)nc3c2)cc1. The van der Waals surface area contributed by atoms with E-state index in [0.29, 0.717) is 36.4 Å². The highest BCUT2D eigenvalue weighted by atomic mass is 32.2. The van der Waals surface area contributed by atoms with Gasteiger partial charge in [0.1, 0.15) is 11.0 Å². The summed E-state index contributed by atoms with van der Waals surface area (Å²) < 4.78 is 65.1. The molecule has 0 spiro atoms. The van der Waals surface area contributed by atoms with E-state index in [1.807, 2.05) is 4.68 Å². The Balaban J connectivity index is 1.27. The number of hydrogen-bond donors (Lipinski definition) is 1. The molecule has 1 amide bonds. The first-order valence-corrected chi connectivity index (χ1v) is 14.7. The summed E-state index contributed by atoms with van der Waals surface area (Å²) in [6.07, 6.45) is 0.841. The van der Waals surface area contributed by atoms with E-state index in [4.69, 9.17) is 5.10 Å². The van der Waals surface area contributed by atoms with Gasteiger partial charge in [-0.15, -0.1) is 0 Å². The van der Waals surface area contributed by atoms with Crippen LogP contribution in [0.2, 0.25) is 0 Å². The van der Waals surface area contributed by atoms with E-state index in [1.165, 1.54) is 18.3 Å². The van der Waals surface area contributed by atoms with Gasteiger partial charge in [0.2, 0.25) is 0 Å². The highest BCUT2D eigenvalue weighted by Crippen LogP contribution is 2.44. The molecule has 2 fully saturated rings. The Labute approximate surface area is 219 Å². The zero-order valence-corrected chi connectivity index (χ0v) is 22.0. The van der Waals surface area contributed by atoms with Crippen LogP contribution in [0.4, 0.5) is 13.2 Å². The first kappa shape index (κ1) is 26.6. The summed E-state index contributed by atoms with van der Waals surface area (Å²) >= 11 is 0. The van der Waals surface area contributed by atoms with Crippen LogP contribution in [0.15, 0.2) is 41.4 Å². The third-order valence-corrected chi connectivity index (χ3v) is 9.45. The second-order valence-electron chi connectivity index (χ2n) is 10.4. The lowest BCUT2D eigenvalue weighted by Gasteiger charge is -2.30. The van der Waals surface area contributed by atoms with Crippen molar-refractivity contribution in [1.29, 1.82) is 0 Å². The summed E-state index contributed by atoms with van der Waals surface area (Å²) in [7, 11) is -3.28. The summed E-state index contributed by atoms with van der Waals surface area (Å²) in [5.74, 6) is -1.02. The van der Waals surface area contributed by atoms with E-state index in [0.717, 1.165) is 29.6 Å². The van der Waals surface area contributed by atoms with E-state index in [-0.39, 0.29) is 41.9 Å². The van der Waals surface area contributed by atoms with Gasteiger partial charge >= 0.3 is 6.18 Å². The maximum absolute atomic E-state index is 13.1.